The molecule has 0 aliphatic carbocycles. The van der Waals surface area contributed by atoms with Gasteiger partial charge in [-0.05, 0) is 62.6 Å². The monoisotopic (exact) mass is 386 g/mol. The molecule has 0 aliphatic heterocycles. The van der Waals surface area contributed by atoms with Gasteiger partial charge in [0.05, 0.1) is 26.7 Å². The number of alkyl halides is 3. The van der Waals surface area contributed by atoms with Crippen LogP contribution in [0.1, 0.15) is 28.8 Å². The Hall–Kier alpha value is -1.50. The van der Waals surface area contributed by atoms with Gasteiger partial charge in [-0.2, -0.15) is 13.2 Å². The van der Waals surface area contributed by atoms with Crippen LogP contribution < -0.4 is 5.73 Å². The fourth-order valence-corrected chi connectivity index (χ4v) is 4.21. The Bertz CT molecular complexity index is 896. The largest absolute Gasteiger partial charge is 0.418 e. The number of fused-ring (bicyclic) bond motifs is 1. The summed E-state index contributed by atoms with van der Waals surface area (Å²) in [7, 11) is 0. The van der Waals surface area contributed by atoms with Gasteiger partial charge in [-0.1, -0.05) is 11.6 Å². The van der Waals surface area contributed by atoms with Crippen LogP contribution in [0.2, 0.25) is 5.02 Å². The lowest BCUT2D eigenvalue weighted by Crippen LogP contribution is -2.05. The van der Waals surface area contributed by atoms with Gasteiger partial charge < -0.3 is 10.7 Å². The smallest absolute Gasteiger partial charge is 0.353 e. The quantitative estimate of drug-likeness (QED) is 0.507. The number of rotatable bonds is 5. The summed E-state index contributed by atoms with van der Waals surface area (Å²) < 4.78 is 40.3. The molecular formula is C18H18ClF3N2S. The second-order valence-electron chi connectivity index (χ2n) is 5.98. The first-order valence-corrected chi connectivity index (χ1v) is 9.19. The molecule has 0 atom stereocenters. The zero-order valence-corrected chi connectivity index (χ0v) is 15.2. The average molecular weight is 387 g/mol. The summed E-state index contributed by atoms with van der Waals surface area (Å²) in [6.45, 7) is 2.52. The lowest BCUT2D eigenvalue weighted by atomic mass is 10.0. The third-order valence-electron chi connectivity index (χ3n) is 4.18. The number of aromatic nitrogens is 1. The number of nitrogens with two attached hydrogens (primary N) is 1. The van der Waals surface area contributed by atoms with E-state index in [1.807, 2.05) is 19.1 Å². The predicted molar refractivity (Wildman–Crippen MR) is 98.4 cm³/mol. The molecule has 0 saturated carbocycles. The summed E-state index contributed by atoms with van der Waals surface area (Å²) in [5.41, 5.74) is 6.49. The number of hydrogen-bond donors (Lipinski definition) is 2. The molecule has 25 heavy (non-hydrogen) atoms. The summed E-state index contributed by atoms with van der Waals surface area (Å²) in [6.07, 6.45) is -2.20. The molecule has 0 unspecified atom stereocenters. The minimum absolute atomic E-state index is 0.0591. The van der Waals surface area contributed by atoms with Gasteiger partial charge in [0.2, 0.25) is 0 Å². The van der Waals surface area contributed by atoms with Crippen LogP contribution in [0.4, 0.5) is 13.2 Å². The Morgan fingerprint density at radius 1 is 1.16 bits per heavy atom. The fraction of sp³-hybridized carbons (Fsp3) is 0.333. The topological polar surface area (TPSA) is 41.8 Å². The molecule has 0 fully saturated rings. The van der Waals surface area contributed by atoms with E-state index in [2.05, 4.69) is 4.98 Å². The highest BCUT2D eigenvalue weighted by atomic mass is 35.5. The Kier molecular flexibility index (Phi) is 5.14. The summed E-state index contributed by atoms with van der Waals surface area (Å²) in [5.74, 6) is 0. The summed E-state index contributed by atoms with van der Waals surface area (Å²) in [5, 5.41) is 0.802. The molecule has 0 spiro atoms. The standard InChI is InChI=1S/C18H18ClF3N2S/c1-10-5-8-14(25-10)16-11(4-2-3-9-23)15-13(19)7-6-12(17(15)24-16)18(20,21)22/h5-8,24H,2-4,9,23H2,1H3. The van der Waals surface area contributed by atoms with E-state index in [1.54, 1.807) is 11.3 Å². The maximum atomic E-state index is 13.4. The lowest BCUT2D eigenvalue weighted by Gasteiger charge is -2.09. The summed E-state index contributed by atoms with van der Waals surface area (Å²) in [4.78, 5) is 5.03. The van der Waals surface area contributed by atoms with Crippen LogP contribution in [-0.2, 0) is 12.6 Å². The Balaban J connectivity index is 2.26. The van der Waals surface area contributed by atoms with Crippen molar-refractivity contribution >= 4 is 33.8 Å². The van der Waals surface area contributed by atoms with Gasteiger partial charge >= 0.3 is 6.18 Å². The molecule has 3 rings (SSSR count). The van der Waals surface area contributed by atoms with E-state index in [4.69, 9.17) is 17.3 Å². The molecule has 3 N–H and O–H groups in total. The minimum Gasteiger partial charge on any atom is -0.353 e. The summed E-state index contributed by atoms with van der Waals surface area (Å²) in [6, 6.07) is 6.25. The summed E-state index contributed by atoms with van der Waals surface area (Å²) >= 11 is 7.84. The van der Waals surface area contributed by atoms with Crippen molar-refractivity contribution in [2.24, 2.45) is 5.73 Å². The molecule has 0 bridgehead atoms. The van der Waals surface area contributed by atoms with Gasteiger partial charge in [0.1, 0.15) is 0 Å². The van der Waals surface area contributed by atoms with E-state index in [0.29, 0.717) is 23.4 Å². The van der Waals surface area contributed by atoms with Crippen molar-refractivity contribution < 1.29 is 13.2 Å². The molecule has 0 saturated heterocycles. The van der Waals surface area contributed by atoms with Crippen molar-refractivity contribution in [3.05, 3.63) is 45.3 Å². The number of benzene rings is 1. The normalized spacial score (nSPS) is 12.2. The zero-order chi connectivity index (χ0) is 18.2. The molecule has 2 heterocycles. The van der Waals surface area contributed by atoms with Gasteiger partial charge in [0.15, 0.2) is 0 Å². The van der Waals surface area contributed by atoms with Crippen LogP contribution in [-0.4, -0.2) is 11.5 Å². The van der Waals surface area contributed by atoms with Crippen LogP contribution >= 0.6 is 22.9 Å². The number of halogens is 4. The molecule has 0 aliphatic rings. The first-order valence-electron chi connectivity index (χ1n) is 8.00. The molecule has 3 aromatic rings. The number of H-pyrrole nitrogens is 1. The highest BCUT2D eigenvalue weighted by molar-refractivity contribution is 7.15. The van der Waals surface area contributed by atoms with Gasteiger partial charge in [0.25, 0.3) is 0 Å². The van der Waals surface area contributed by atoms with Crippen LogP contribution in [0.15, 0.2) is 24.3 Å². The molecule has 2 aromatic heterocycles. The van der Waals surface area contributed by atoms with Gasteiger partial charge in [-0.25, -0.2) is 0 Å². The molecule has 2 nitrogen and oxygen atoms in total. The predicted octanol–water partition coefficient (Wildman–Crippen LogP) is 6.16. The Morgan fingerprint density at radius 3 is 2.52 bits per heavy atom. The maximum absolute atomic E-state index is 13.4. The first-order chi connectivity index (χ1) is 11.8. The fourth-order valence-electron chi connectivity index (χ4n) is 3.04. The number of aryl methyl sites for hydroxylation is 2. The molecule has 0 amide bonds. The highest BCUT2D eigenvalue weighted by Crippen LogP contribution is 2.43. The number of aromatic amines is 1. The minimum atomic E-state index is -4.44. The van der Waals surface area contributed by atoms with Crippen LogP contribution in [0.25, 0.3) is 21.5 Å². The van der Waals surface area contributed by atoms with Crippen molar-refractivity contribution in [2.75, 3.05) is 6.54 Å². The van der Waals surface area contributed by atoms with Crippen LogP contribution in [0, 0.1) is 6.92 Å². The zero-order valence-electron chi connectivity index (χ0n) is 13.6. The van der Waals surface area contributed by atoms with Crippen molar-refractivity contribution in [2.45, 2.75) is 32.4 Å². The van der Waals surface area contributed by atoms with Crippen molar-refractivity contribution in [3.8, 4) is 10.6 Å². The lowest BCUT2D eigenvalue weighted by molar-refractivity contribution is -0.136. The Labute approximate surface area is 152 Å². The van der Waals surface area contributed by atoms with Crippen LogP contribution in [0.5, 0.6) is 0 Å². The van der Waals surface area contributed by atoms with E-state index < -0.39 is 11.7 Å². The van der Waals surface area contributed by atoms with E-state index in [-0.39, 0.29) is 5.52 Å². The third-order valence-corrected chi connectivity index (χ3v) is 5.51. The van der Waals surface area contributed by atoms with E-state index in [1.165, 1.54) is 6.07 Å². The SMILES string of the molecule is Cc1ccc(-c2[nH]c3c(C(F)(F)F)ccc(Cl)c3c2CCCCN)s1. The van der Waals surface area contributed by atoms with Gasteiger partial charge in [-0.15, -0.1) is 11.3 Å². The number of nitrogens with one attached hydrogen (secondary N) is 1. The second-order valence-corrected chi connectivity index (χ2v) is 7.67. The first kappa shape index (κ1) is 18.3. The molecule has 134 valence electrons. The number of thiophene rings is 1. The van der Waals surface area contributed by atoms with Gasteiger partial charge in [-0.3, -0.25) is 0 Å². The highest BCUT2D eigenvalue weighted by Gasteiger charge is 2.34. The van der Waals surface area contributed by atoms with E-state index in [0.717, 1.165) is 39.9 Å². The maximum Gasteiger partial charge on any atom is 0.418 e. The molecule has 7 heteroatoms. The van der Waals surface area contributed by atoms with E-state index in [9.17, 15) is 13.2 Å². The number of hydrogen-bond acceptors (Lipinski definition) is 2. The van der Waals surface area contributed by atoms with Crippen LogP contribution in [0.3, 0.4) is 0 Å². The molecule has 1 aromatic carbocycles. The number of unbranched alkanes of at least 4 members (excludes halogenated alkanes) is 1. The van der Waals surface area contributed by atoms with Crippen molar-refractivity contribution in [3.63, 3.8) is 0 Å². The second kappa shape index (κ2) is 7.02. The van der Waals surface area contributed by atoms with Gasteiger partial charge in [0, 0.05) is 10.3 Å². The van der Waals surface area contributed by atoms with Crippen molar-refractivity contribution in [1.82, 2.24) is 4.98 Å². The third kappa shape index (κ3) is 3.57. The molecule has 0 radical (unpaired) electrons. The van der Waals surface area contributed by atoms with Crippen molar-refractivity contribution in [1.29, 1.82) is 0 Å². The Morgan fingerprint density at radius 2 is 1.92 bits per heavy atom. The molecular weight excluding hydrogens is 369 g/mol. The average Bonchev–Trinajstić information content (AvgIpc) is 3.11. The van der Waals surface area contributed by atoms with E-state index >= 15 is 0 Å².